The fraction of sp³-hybridized carbons (Fsp3) is 0.250. The number of hydrogen-bond acceptors (Lipinski definition) is 6. The van der Waals surface area contributed by atoms with Crippen LogP contribution in [0, 0.1) is 0 Å². The zero-order valence-corrected chi connectivity index (χ0v) is 17.8. The molecule has 152 valence electrons. The van der Waals surface area contributed by atoms with Crippen LogP contribution in [0.3, 0.4) is 0 Å². The lowest BCUT2D eigenvalue weighted by Gasteiger charge is -2.08. The molecule has 1 aromatic heterocycles. The fourth-order valence-corrected chi connectivity index (χ4v) is 4.83. The van der Waals surface area contributed by atoms with Crippen molar-refractivity contribution in [3.8, 4) is 0 Å². The van der Waals surface area contributed by atoms with Gasteiger partial charge in [-0.05, 0) is 49.2 Å². The maximum Gasteiger partial charge on any atom is 0.261 e. The van der Waals surface area contributed by atoms with E-state index in [0.29, 0.717) is 22.3 Å². The Hall–Kier alpha value is -2.78. The summed E-state index contributed by atoms with van der Waals surface area (Å²) in [5.74, 6) is -0.0306. The van der Waals surface area contributed by atoms with Crippen molar-refractivity contribution in [2.45, 2.75) is 37.5 Å². The molecule has 0 fully saturated rings. The van der Waals surface area contributed by atoms with Crippen LogP contribution in [-0.4, -0.2) is 24.5 Å². The molecule has 1 amide bonds. The molecule has 0 atom stereocenters. The summed E-state index contributed by atoms with van der Waals surface area (Å²) < 4.78 is 27.4. The summed E-state index contributed by atoms with van der Waals surface area (Å²) in [5, 5.41) is 12.2. The molecule has 0 saturated carbocycles. The summed E-state index contributed by atoms with van der Waals surface area (Å²) in [6.45, 7) is 4.19. The minimum Gasteiger partial charge on any atom is -0.296 e. The van der Waals surface area contributed by atoms with Gasteiger partial charge in [0.05, 0.1) is 4.90 Å². The predicted octanol–water partition coefficient (Wildman–Crippen LogP) is 4.49. The van der Waals surface area contributed by atoms with Gasteiger partial charge in [-0.25, -0.2) is 8.42 Å². The molecule has 0 saturated heterocycles. The highest BCUT2D eigenvalue weighted by atomic mass is 32.2. The van der Waals surface area contributed by atoms with Crippen LogP contribution in [0.25, 0.3) is 0 Å². The largest absolute Gasteiger partial charge is 0.296 e. The van der Waals surface area contributed by atoms with Gasteiger partial charge in [-0.3, -0.25) is 14.8 Å². The lowest BCUT2D eigenvalue weighted by Crippen LogP contribution is -2.14. The SMILES string of the molecule is CCC(CC)c1nnc(NC(=O)c2ccc(S(=O)(=O)Nc3ccccc3)cc2)s1. The van der Waals surface area contributed by atoms with Crippen molar-refractivity contribution in [1.82, 2.24) is 10.2 Å². The zero-order chi connectivity index (χ0) is 20.9. The third-order valence-electron chi connectivity index (χ3n) is 4.45. The highest BCUT2D eigenvalue weighted by molar-refractivity contribution is 7.92. The van der Waals surface area contributed by atoms with Gasteiger partial charge in [-0.2, -0.15) is 0 Å². The first-order chi connectivity index (χ1) is 13.9. The molecule has 2 aromatic carbocycles. The van der Waals surface area contributed by atoms with E-state index in [9.17, 15) is 13.2 Å². The maximum atomic E-state index is 12.5. The number of aromatic nitrogens is 2. The van der Waals surface area contributed by atoms with Crippen LogP contribution in [0.2, 0.25) is 0 Å². The lowest BCUT2D eigenvalue weighted by molar-refractivity contribution is 0.102. The molecule has 0 aliphatic carbocycles. The number of benzene rings is 2. The molecular weight excluding hydrogens is 408 g/mol. The van der Waals surface area contributed by atoms with E-state index >= 15 is 0 Å². The topological polar surface area (TPSA) is 101 Å². The quantitative estimate of drug-likeness (QED) is 0.548. The minimum atomic E-state index is -3.73. The van der Waals surface area contributed by atoms with Crippen molar-refractivity contribution in [2.75, 3.05) is 10.0 Å². The molecule has 2 N–H and O–H groups in total. The molecule has 0 bridgehead atoms. The lowest BCUT2D eigenvalue weighted by atomic mass is 10.1. The average molecular weight is 431 g/mol. The number of nitrogens with one attached hydrogen (secondary N) is 2. The summed E-state index contributed by atoms with van der Waals surface area (Å²) in [5.41, 5.74) is 0.807. The van der Waals surface area contributed by atoms with Crippen molar-refractivity contribution < 1.29 is 13.2 Å². The van der Waals surface area contributed by atoms with Gasteiger partial charge in [0.2, 0.25) is 5.13 Å². The number of carbonyl (C=O) groups is 1. The number of para-hydroxylation sites is 1. The average Bonchev–Trinajstić information content (AvgIpc) is 3.17. The standard InChI is InChI=1S/C20H22N4O3S2/c1-3-14(4-2)19-22-23-20(28-19)21-18(25)15-10-12-17(13-11-15)29(26,27)24-16-8-6-5-7-9-16/h5-14,24H,3-4H2,1-2H3,(H,21,23,25). The first-order valence-corrected chi connectivity index (χ1v) is 11.6. The Bertz CT molecular complexity index is 1060. The van der Waals surface area contributed by atoms with Crippen molar-refractivity contribution in [2.24, 2.45) is 0 Å². The second-order valence-electron chi connectivity index (χ2n) is 6.41. The summed E-state index contributed by atoms with van der Waals surface area (Å²) >= 11 is 1.36. The number of amides is 1. The van der Waals surface area contributed by atoms with Crippen LogP contribution in [0.4, 0.5) is 10.8 Å². The Morgan fingerprint density at radius 2 is 1.66 bits per heavy atom. The van der Waals surface area contributed by atoms with Gasteiger partial charge in [-0.15, -0.1) is 10.2 Å². The molecule has 7 nitrogen and oxygen atoms in total. The zero-order valence-electron chi connectivity index (χ0n) is 16.1. The molecule has 3 rings (SSSR count). The highest BCUT2D eigenvalue weighted by Crippen LogP contribution is 2.28. The Morgan fingerprint density at radius 1 is 1.00 bits per heavy atom. The molecule has 1 heterocycles. The molecule has 29 heavy (non-hydrogen) atoms. The molecule has 0 aliphatic rings. The molecule has 9 heteroatoms. The van der Waals surface area contributed by atoms with Gasteiger partial charge in [0.15, 0.2) is 0 Å². The number of hydrogen-bond donors (Lipinski definition) is 2. The second kappa shape index (κ2) is 9.15. The van der Waals surface area contributed by atoms with Crippen molar-refractivity contribution >= 4 is 38.1 Å². The Morgan fingerprint density at radius 3 is 2.28 bits per heavy atom. The van der Waals surface area contributed by atoms with Gasteiger partial charge in [0, 0.05) is 17.2 Å². The first kappa shape index (κ1) is 20.9. The van der Waals surface area contributed by atoms with Crippen molar-refractivity contribution in [3.63, 3.8) is 0 Å². The molecular formula is C20H22N4O3S2. The Labute approximate surface area is 174 Å². The van der Waals surface area contributed by atoms with Crippen LogP contribution in [0.5, 0.6) is 0 Å². The van der Waals surface area contributed by atoms with E-state index in [0.717, 1.165) is 17.8 Å². The van der Waals surface area contributed by atoms with E-state index in [4.69, 9.17) is 0 Å². The summed E-state index contributed by atoms with van der Waals surface area (Å²) in [7, 11) is -3.73. The van der Waals surface area contributed by atoms with Gasteiger partial charge in [-0.1, -0.05) is 43.4 Å². The minimum absolute atomic E-state index is 0.0739. The molecule has 0 aliphatic heterocycles. The second-order valence-corrected chi connectivity index (χ2v) is 9.10. The van der Waals surface area contributed by atoms with Gasteiger partial charge >= 0.3 is 0 Å². The summed E-state index contributed by atoms with van der Waals surface area (Å²) in [4.78, 5) is 12.5. The molecule has 0 unspecified atom stereocenters. The number of carbonyl (C=O) groups excluding carboxylic acids is 1. The van der Waals surface area contributed by atoms with Crippen molar-refractivity contribution in [1.29, 1.82) is 0 Å². The van der Waals surface area contributed by atoms with E-state index in [1.165, 1.54) is 35.6 Å². The third kappa shape index (κ3) is 5.18. The highest BCUT2D eigenvalue weighted by Gasteiger charge is 2.17. The summed E-state index contributed by atoms with van der Waals surface area (Å²) in [6.07, 6.45) is 1.93. The van der Waals surface area contributed by atoms with E-state index in [2.05, 4.69) is 34.1 Å². The van der Waals surface area contributed by atoms with E-state index in [-0.39, 0.29) is 10.8 Å². The maximum absolute atomic E-state index is 12.5. The number of anilines is 2. The van der Waals surface area contributed by atoms with E-state index in [1.807, 2.05) is 0 Å². The molecule has 3 aromatic rings. The van der Waals surface area contributed by atoms with Crippen LogP contribution >= 0.6 is 11.3 Å². The van der Waals surface area contributed by atoms with E-state index in [1.54, 1.807) is 30.3 Å². The molecule has 0 radical (unpaired) electrons. The van der Waals surface area contributed by atoms with Gasteiger partial charge < -0.3 is 0 Å². The number of sulfonamides is 1. The molecule has 0 spiro atoms. The van der Waals surface area contributed by atoms with Crippen LogP contribution < -0.4 is 10.0 Å². The number of rotatable bonds is 8. The monoisotopic (exact) mass is 430 g/mol. The van der Waals surface area contributed by atoms with Gasteiger partial charge in [0.25, 0.3) is 15.9 Å². The van der Waals surface area contributed by atoms with Crippen LogP contribution in [0.1, 0.15) is 48.0 Å². The van der Waals surface area contributed by atoms with Crippen LogP contribution in [0.15, 0.2) is 59.5 Å². The first-order valence-electron chi connectivity index (χ1n) is 9.25. The fourth-order valence-electron chi connectivity index (χ4n) is 2.76. The normalized spacial score (nSPS) is 11.4. The van der Waals surface area contributed by atoms with Crippen molar-refractivity contribution in [3.05, 3.63) is 65.2 Å². The van der Waals surface area contributed by atoms with Crippen LogP contribution in [-0.2, 0) is 10.0 Å². The predicted molar refractivity (Wildman–Crippen MR) is 115 cm³/mol. The smallest absolute Gasteiger partial charge is 0.261 e. The Balaban J connectivity index is 1.69. The van der Waals surface area contributed by atoms with Gasteiger partial charge in [0.1, 0.15) is 5.01 Å². The van der Waals surface area contributed by atoms with E-state index < -0.39 is 10.0 Å². The summed E-state index contributed by atoms with van der Waals surface area (Å²) in [6, 6.07) is 14.4. The number of nitrogens with zero attached hydrogens (tertiary/aromatic N) is 2. The third-order valence-corrected chi connectivity index (χ3v) is 6.85. The Kier molecular flexibility index (Phi) is 6.60.